The van der Waals surface area contributed by atoms with Crippen molar-refractivity contribution in [3.05, 3.63) is 35.9 Å². The Morgan fingerprint density at radius 3 is 2.67 bits per heavy atom. The Hall–Kier alpha value is -1.16. The van der Waals surface area contributed by atoms with Gasteiger partial charge in [0.05, 0.1) is 0 Å². The lowest BCUT2D eigenvalue weighted by Crippen LogP contribution is -1.99. The van der Waals surface area contributed by atoms with E-state index in [2.05, 4.69) is 11.6 Å². The number of sulfone groups is 1. The minimum Gasteiger partial charge on any atom is -0.241 e. The zero-order chi connectivity index (χ0) is 9.19. The third-order valence-corrected chi connectivity index (χ3v) is 2.62. The highest BCUT2D eigenvalue weighted by atomic mass is 32.2. The van der Waals surface area contributed by atoms with Crippen LogP contribution in [0.25, 0.3) is 0 Å². The standard InChI is InChI=1S/C8H9NO2S/c1-3-12(10,11)8-6-4-5-7(2)9-8/h3-6H,1H2,2H3. The van der Waals surface area contributed by atoms with Crippen LogP contribution in [0.15, 0.2) is 35.2 Å². The highest BCUT2D eigenvalue weighted by molar-refractivity contribution is 7.94. The van der Waals surface area contributed by atoms with E-state index in [1.807, 2.05) is 0 Å². The molecule has 1 heterocycles. The van der Waals surface area contributed by atoms with Crippen LogP contribution in [-0.4, -0.2) is 13.4 Å². The molecule has 0 spiro atoms. The molecule has 0 saturated carbocycles. The highest BCUT2D eigenvalue weighted by Gasteiger charge is 2.09. The fourth-order valence-electron chi connectivity index (χ4n) is 0.762. The van der Waals surface area contributed by atoms with Crippen molar-refractivity contribution < 1.29 is 8.42 Å². The van der Waals surface area contributed by atoms with Crippen molar-refractivity contribution in [2.24, 2.45) is 0 Å². The second kappa shape index (κ2) is 3.06. The van der Waals surface area contributed by atoms with Crippen molar-refractivity contribution >= 4 is 9.84 Å². The van der Waals surface area contributed by atoms with E-state index in [0.717, 1.165) is 5.41 Å². The summed E-state index contributed by atoms with van der Waals surface area (Å²) in [6.07, 6.45) is 0. The zero-order valence-electron chi connectivity index (χ0n) is 6.69. The minimum atomic E-state index is -3.37. The molecule has 1 aromatic heterocycles. The molecule has 12 heavy (non-hydrogen) atoms. The molecule has 64 valence electrons. The summed E-state index contributed by atoms with van der Waals surface area (Å²) in [6, 6.07) is 4.84. The van der Waals surface area contributed by atoms with E-state index in [1.165, 1.54) is 6.07 Å². The normalized spacial score (nSPS) is 11.1. The summed E-state index contributed by atoms with van der Waals surface area (Å²) in [7, 11) is -3.37. The molecular formula is C8H9NO2S. The fourth-order valence-corrected chi connectivity index (χ4v) is 1.47. The predicted octanol–water partition coefficient (Wildman–Crippen LogP) is 1.31. The van der Waals surface area contributed by atoms with Gasteiger partial charge in [0.1, 0.15) is 0 Å². The molecule has 0 fully saturated rings. The first-order valence-corrected chi connectivity index (χ1v) is 4.92. The smallest absolute Gasteiger partial charge is 0.216 e. The van der Waals surface area contributed by atoms with Gasteiger partial charge in [0.25, 0.3) is 0 Å². The Balaban J connectivity index is 3.30. The van der Waals surface area contributed by atoms with E-state index in [1.54, 1.807) is 19.1 Å². The van der Waals surface area contributed by atoms with Gasteiger partial charge in [-0.25, -0.2) is 13.4 Å². The number of pyridine rings is 1. The second-order valence-corrected chi connectivity index (χ2v) is 4.17. The average Bonchev–Trinajstić information content (AvgIpc) is 2.05. The third-order valence-electron chi connectivity index (χ3n) is 1.37. The van der Waals surface area contributed by atoms with Crippen LogP contribution < -0.4 is 0 Å². The first-order chi connectivity index (χ1) is 5.56. The van der Waals surface area contributed by atoms with Gasteiger partial charge in [-0.15, -0.1) is 0 Å². The van der Waals surface area contributed by atoms with Crippen molar-refractivity contribution in [1.29, 1.82) is 0 Å². The lowest BCUT2D eigenvalue weighted by Gasteiger charge is -1.97. The number of aryl methyl sites for hydroxylation is 1. The number of rotatable bonds is 2. The lowest BCUT2D eigenvalue weighted by molar-refractivity contribution is 0.601. The number of hydrogen-bond acceptors (Lipinski definition) is 3. The van der Waals surface area contributed by atoms with Gasteiger partial charge in [-0.05, 0) is 19.1 Å². The van der Waals surface area contributed by atoms with Crippen LogP contribution >= 0.6 is 0 Å². The topological polar surface area (TPSA) is 47.0 Å². The molecule has 0 aliphatic heterocycles. The van der Waals surface area contributed by atoms with Crippen molar-refractivity contribution in [2.45, 2.75) is 11.9 Å². The Bertz CT molecular complexity index is 395. The van der Waals surface area contributed by atoms with Gasteiger partial charge < -0.3 is 0 Å². The number of hydrogen-bond donors (Lipinski definition) is 0. The van der Waals surface area contributed by atoms with Crippen molar-refractivity contribution in [3.63, 3.8) is 0 Å². The van der Waals surface area contributed by atoms with Gasteiger partial charge in [-0.1, -0.05) is 12.6 Å². The van der Waals surface area contributed by atoms with E-state index >= 15 is 0 Å². The molecule has 0 amide bonds. The molecule has 0 bridgehead atoms. The highest BCUT2D eigenvalue weighted by Crippen LogP contribution is 2.08. The molecule has 0 N–H and O–H groups in total. The number of nitrogens with zero attached hydrogens (tertiary/aromatic N) is 1. The molecule has 0 radical (unpaired) electrons. The Morgan fingerprint density at radius 2 is 2.17 bits per heavy atom. The van der Waals surface area contributed by atoms with Gasteiger partial charge in [-0.2, -0.15) is 0 Å². The van der Waals surface area contributed by atoms with Crippen molar-refractivity contribution in [3.8, 4) is 0 Å². The maximum absolute atomic E-state index is 11.2. The maximum atomic E-state index is 11.2. The lowest BCUT2D eigenvalue weighted by atomic mass is 10.4. The summed E-state index contributed by atoms with van der Waals surface area (Å²) in [5.74, 6) is 0. The van der Waals surface area contributed by atoms with E-state index in [9.17, 15) is 8.42 Å². The van der Waals surface area contributed by atoms with E-state index < -0.39 is 9.84 Å². The average molecular weight is 183 g/mol. The van der Waals surface area contributed by atoms with Crippen LogP contribution in [0.3, 0.4) is 0 Å². The van der Waals surface area contributed by atoms with Gasteiger partial charge >= 0.3 is 0 Å². The molecule has 0 atom stereocenters. The van der Waals surface area contributed by atoms with Crippen LogP contribution in [0, 0.1) is 6.92 Å². The zero-order valence-corrected chi connectivity index (χ0v) is 7.50. The van der Waals surface area contributed by atoms with Crippen LogP contribution in [-0.2, 0) is 9.84 Å². The van der Waals surface area contributed by atoms with Crippen LogP contribution in [0.5, 0.6) is 0 Å². The summed E-state index contributed by atoms with van der Waals surface area (Å²) < 4.78 is 22.3. The molecule has 4 heteroatoms. The van der Waals surface area contributed by atoms with Crippen LogP contribution in [0.1, 0.15) is 5.69 Å². The van der Waals surface area contributed by atoms with Crippen molar-refractivity contribution in [2.75, 3.05) is 0 Å². The largest absolute Gasteiger partial charge is 0.241 e. The molecule has 0 saturated heterocycles. The van der Waals surface area contributed by atoms with Gasteiger partial charge in [0.15, 0.2) is 5.03 Å². The second-order valence-electron chi connectivity index (χ2n) is 2.33. The summed E-state index contributed by atoms with van der Waals surface area (Å²) in [5, 5.41) is 0.951. The van der Waals surface area contributed by atoms with Gasteiger partial charge in [0.2, 0.25) is 9.84 Å². The monoisotopic (exact) mass is 183 g/mol. The summed E-state index contributed by atoms with van der Waals surface area (Å²) in [4.78, 5) is 3.86. The molecule has 3 nitrogen and oxygen atoms in total. The van der Waals surface area contributed by atoms with Crippen LogP contribution in [0.2, 0.25) is 0 Å². The first-order valence-electron chi connectivity index (χ1n) is 3.37. The van der Waals surface area contributed by atoms with E-state index in [0.29, 0.717) is 5.69 Å². The van der Waals surface area contributed by atoms with E-state index in [4.69, 9.17) is 0 Å². The summed E-state index contributed by atoms with van der Waals surface area (Å²) >= 11 is 0. The quantitative estimate of drug-likeness (QED) is 0.694. The Kier molecular flexibility index (Phi) is 2.28. The molecular weight excluding hydrogens is 174 g/mol. The van der Waals surface area contributed by atoms with E-state index in [-0.39, 0.29) is 5.03 Å². The predicted molar refractivity (Wildman–Crippen MR) is 46.4 cm³/mol. The van der Waals surface area contributed by atoms with Gasteiger partial charge in [-0.3, -0.25) is 0 Å². The minimum absolute atomic E-state index is 0.0532. The molecule has 0 aromatic carbocycles. The molecule has 1 rings (SSSR count). The third kappa shape index (κ3) is 1.71. The Labute approximate surface area is 71.7 Å². The summed E-state index contributed by atoms with van der Waals surface area (Å²) in [6.45, 7) is 4.95. The fraction of sp³-hybridized carbons (Fsp3) is 0.125. The van der Waals surface area contributed by atoms with Gasteiger partial charge in [0, 0.05) is 11.1 Å². The first kappa shape index (κ1) is 8.93. The molecule has 0 aliphatic rings. The molecule has 0 unspecified atom stereocenters. The summed E-state index contributed by atoms with van der Waals surface area (Å²) in [5.41, 5.74) is 0.679. The Morgan fingerprint density at radius 1 is 1.50 bits per heavy atom. The molecule has 0 aliphatic carbocycles. The maximum Gasteiger partial charge on any atom is 0.216 e. The van der Waals surface area contributed by atoms with Crippen LogP contribution in [0.4, 0.5) is 0 Å². The molecule has 1 aromatic rings. The number of aromatic nitrogens is 1. The SMILES string of the molecule is C=CS(=O)(=O)c1cccc(C)n1. The van der Waals surface area contributed by atoms with Crippen molar-refractivity contribution in [1.82, 2.24) is 4.98 Å².